The van der Waals surface area contributed by atoms with Gasteiger partial charge in [-0.3, -0.25) is 9.59 Å². The Morgan fingerprint density at radius 2 is 1.40 bits per heavy atom. The number of benzene rings is 3. The van der Waals surface area contributed by atoms with Gasteiger partial charge >= 0.3 is 0 Å². The molecule has 30 heavy (non-hydrogen) atoms. The lowest BCUT2D eigenvalue weighted by atomic mass is 10.1. The van der Waals surface area contributed by atoms with Crippen molar-refractivity contribution in [2.75, 3.05) is 24.9 Å². The number of anilines is 2. The van der Waals surface area contributed by atoms with Gasteiger partial charge in [0.15, 0.2) is 0 Å². The molecule has 3 aromatic rings. The summed E-state index contributed by atoms with van der Waals surface area (Å²) in [6.45, 7) is 0. The molecule has 0 spiro atoms. The van der Waals surface area contributed by atoms with Crippen LogP contribution in [0, 0.1) is 0 Å². The Bertz CT molecular complexity index is 998. The fourth-order valence-electron chi connectivity index (χ4n) is 2.89. The smallest absolute Gasteiger partial charge is 0.255 e. The minimum Gasteiger partial charge on any atom is -0.497 e. The van der Waals surface area contributed by atoms with Gasteiger partial charge in [0.1, 0.15) is 11.5 Å². The zero-order valence-corrected chi connectivity index (χ0v) is 17.0. The lowest BCUT2D eigenvalue weighted by Gasteiger charge is -2.09. The minimum absolute atomic E-state index is 0.0896. The first-order chi connectivity index (χ1) is 14.6. The summed E-state index contributed by atoms with van der Waals surface area (Å²) >= 11 is 0. The summed E-state index contributed by atoms with van der Waals surface area (Å²) in [7, 11) is 3.21. The van der Waals surface area contributed by atoms with Gasteiger partial charge in [0.25, 0.3) is 5.91 Å². The van der Waals surface area contributed by atoms with Crippen molar-refractivity contribution in [3.8, 4) is 11.5 Å². The van der Waals surface area contributed by atoms with Gasteiger partial charge in [-0.1, -0.05) is 12.1 Å². The number of ether oxygens (including phenoxy) is 2. The number of rotatable bonds is 8. The fraction of sp³-hybridized carbons (Fsp3) is 0.167. The standard InChI is InChI=1S/C24H24N2O4/c1-29-21-13-11-20(12-14-21)26-24(28)18-7-9-19(10-8-18)25-23(27)15-6-17-4-3-5-22(16-17)30-2/h3-5,7-14,16H,6,15H2,1-2H3,(H,25,27)(H,26,28). The van der Waals surface area contributed by atoms with Crippen LogP contribution in [-0.4, -0.2) is 26.0 Å². The number of amides is 2. The van der Waals surface area contributed by atoms with Crippen molar-refractivity contribution in [3.05, 3.63) is 83.9 Å². The quantitative estimate of drug-likeness (QED) is 0.578. The highest BCUT2D eigenvalue weighted by molar-refractivity contribution is 6.04. The van der Waals surface area contributed by atoms with Crippen LogP contribution in [0.5, 0.6) is 11.5 Å². The van der Waals surface area contributed by atoms with E-state index in [1.165, 1.54) is 0 Å². The van der Waals surface area contributed by atoms with E-state index in [4.69, 9.17) is 9.47 Å². The van der Waals surface area contributed by atoms with E-state index in [2.05, 4.69) is 10.6 Å². The zero-order chi connectivity index (χ0) is 21.3. The van der Waals surface area contributed by atoms with Gasteiger partial charge in [0, 0.05) is 23.4 Å². The lowest BCUT2D eigenvalue weighted by Crippen LogP contribution is -2.14. The monoisotopic (exact) mass is 404 g/mol. The van der Waals surface area contributed by atoms with E-state index in [0.29, 0.717) is 29.8 Å². The highest BCUT2D eigenvalue weighted by atomic mass is 16.5. The SMILES string of the molecule is COc1ccc(NC(=O)c2ccc(NC(=O)CCc3cccc(OC)c3)cc2)cc1. The van der Waals surface area contributed by atoms with Crippen LogP contribution >= 0.6 is 0 Å². The van der Waals surface area contributed by atoms with Gasteiger partial charge in [-0.05, 0) is 72.6 Å². The number of hydrogen-bond acceptors (Lipinski definition) is 4. The molecule has 0 radical (unpaired) electrons. The van der Waals surface area contributed by atoms with E-state index in [9.17, 15) is 9.59 Å². The maximum absolute atomic E-state index is 12.4. The molecule has 0 aliphatic carbocycles. The molecule has 0 unspecified atom stereocenters. The van der Waals surface area contributed by atoms with E-state index in [-0.39, 0.29) is 11.8 Å². The van der Waals surface area contributed by atoms with Crippen LogP contribution in [0.3, 0.4) is 0 Å². The Labute approximate surface area is 175 Å². The van der Waals surface area contributed by atoms with E-state index < -0.39 is 0 Å². The first-order valence-electron chi connectivity index (χ1n) is 9.55. The molecule has 6 nitrogen and oxygen atoms in total. The van der Waals surface area contributed by atoms with Crippen LogP contribution in [0.1, 0.15) is 22.3 Å². The molecular formula is C24H24N2O4. The maximum Gasteiger partial charge on any atom is 0.255 e. The molecule has 0 saturated carbocycles. The molecule has 6 heteroatoms. The lowest BCUT2D eigenvalue weighted by molar-refractivity contribution is -0.116. The first-order valence-corrected chi connectivity index (χ1v) is 9.55. The molecule has 154 valence electrons. The van der Waals surface area contributed by atoms with Crippen LogP contribution in [0.2, 0.25) is 0 Å². The first kappa shape index (κ1) is 20.9. The number of hydrogen-bond donors (Lipinski definition) is 2. The van der Waals surface area contributed by atoms with Gasteiger partial charge in [-0.2, -0.15) is 0 Å². The van der Waals surface area contributed by atoms with Gasteiger partial charge in [0.2, 0.25) is 5.91 Å². The second-order valence-corrected chi connectivity index (χ2v) is 6.66. The van der Waals surface area contributed by atoms with Crippen molar-refractivity contribution in [3.63, 3.8) is 0 Å². The highest BCUT2D eigenvalue weighted by Crippen LogP contribution is 2.17. The van der Waals surface area contributed by atoms with Crippen molar-refractivity contribution in [1.29, 1.82) is 0 Å². The van der Waals surface area contributed by atoms with E-state index >= 15 is 0 Å². The van der Waals surface area contributed by atoms with Crippen molar-refractivity contribution >= 4 is 23.2 Å². The summed E-state index contributed by atoms with van der Waals surface area (Å²) < 4.78 is 10.3. The molecule has 0 bridgehead atoms. The Morgan fingerprint density at radius 1 is 0.767 bits per heavy atom. The highest BCUT2D eigenvalue weighted by Gasteiger charge is 2.08. The van der Waals surface area contributed by atoms with Crippen LogP contribution in [0.4, 0.5) is 11.4 Å². The average molecular weight is 404 g/mol. The summed E-state index contributed by atoms with van der Waals surface area (Å²) in [4.78, 5) is 24.6. The Hall–Kier alpha value is -3.80. The summed E-state index contributed by atoms with van der Waals surface area (Å²) in [6, 6.07) is 21.5. The summed E-state index contributed by atoms with van der Waals surface area (Å²) in [5.74, 6) is 1.18. The third-order valence-corrected chi connectivity index (χ3v) is 4.55. The van der Waals surface area contributed by atoms with Crippen molar-refractivity contribution < 1.29 is 19.1 Å². The number of nitrogens with one attached hydrogen (secondary N) is 2. The van der Waals surface area contributed by atoms with E-state index in [0.717, 1.165) is 17.1 Å². The van der Waals surface area contributed by atoms with Gasteiger partial charge < -0.3 is 20.1 Å². The van der Waals surface area contributed by atoms with E-state index in [1.807, 2.05) is 24.3 Å². The fourth-order valence-corrected chi connectivity index (χ4v) is 2.89. The zero-order valence-electron chi connectivity index (χ0n) is 17.0. The molecule has 0 heterocycles. The van der Waals surface area contributed by atoms with Crippen LogP contribution in [-0.2, 0) is 11.2 Å². The average Bonchev–Trinajstić information content (AvgIpc) is 2.79. The molecule has 3 aromatic carbocycles. The third-order valence-electron chi connectivity index (χ3n) is 4.55. The summed E-state index contributed by atoms with van der Waals surface area (Å²) in [5, 5.41) is 5.68. The van der Waals surface area contributed by atoms with Crippen LogP contribution < -0.4 is 20.1 Å². The molecule has 2 amide bonds. The molecule has 0 aliphatic heterocycles. The topological polar surface area (TPSA) is 76.7 Å². The Balaban J connectivity index is 1.51. The normalized spacial score (nSPS) is 10.2. The third kappa shape index (κ3) is 5.85. The molecule has 0 saturated heterocycles. The van der Waals surface area contributed by atoms with Crippen LogP contribution in [0.15, 0.2) is 72.8 Å². The molecule has 0 aliphatic rings. The molecule has 0 fully saturated rings. The van der Waals surface area contributed by atoms with E-state index in [1.54, 1.807) is 62.8 Å². The second-order valence-electron chi connectivity index (χ2n) is 6.66. The van der Waals surface area contributed by atoms with Crippen molar-refractivity contribution in [1.82, 2.24) is 0 Å². The van der Waals surface area contributed by atoms with Gasteiger partial charge in [-0.15, -0.1) is 0 Å². The number of carbonyl (C=O) groups is 2. The Kier molecular flexibility index (Phi) is 7.05. The van der Waals surface area contributed by atoms with Crippen LogP contribution in [0.25, 0.3) is 0 Å². The van der Waals surface area contributed by atoms with Gasteiger partial charge in [-0.25, -0.2) is 0 Å². The second kappa shape index (κ2) is 10.1. The molecular weight excluding hydrogens is 380 g/mol. The van der Waals surface area contributed by atoms with Crippen molar-refractivity contribution in [2.24, 2.45) is 0 Å². The van der Waals surface area contributed by atoms with Crippen molar-refractivity contribution in [2.45, 2.75) is 12.8 Å². The predicted molar refractivity (Wildman–Crippen MR) is 117 cm³/mol. The van der Waals surface area contributed by atoms with Gasteiger partial charge in [0.05, 0.1) is 14.2 Å². The summed E-state index contributed by atoms with van der Waals surface area (Å²) in [5.41, 5.74) is 2.86. The predicted octanol–water partition coefficient (Wildman–Crippen LogP) is 4.53. The minimum atomic E-state index is -0.226. The maximum atomic E-state index is 12.4. The molecule has 3 rings (SSSR count). The molecule has 2 N–H and O–H groups in total. The summed E-state index contributed by atoms with van der Waals surface area (Å²) in [6.07, 6.45) is 0.970. The molecule has 0 aromatic heterocycles. The Morgan fingerprint density at radius 3 is 2.07 bits per heavy atom. The number of aryl methyl sites for hydroxylation is 1. The molecule has 0 atom stereocenters. The number of methoxy groups -OCH3 is 2. The number of carbonyl (C=O) groups excluding carboxylic acids is 2. The largest absolute Gasteiger partial charge is 0.497 e.